The van der Waals surface area contributed by atoms with Gasteiger partial charge < -0.3 is 10.4 Å². The van der Waals surface area contributed by atoms with Crippen LogP contribution in [0.4, 0.5) is 0 Å². The fourth-order valence-corrected chi connectivity index (χ4v) is 0.682. The van der Waals surface area contributed by atoms with Crippen LogP contribution in [0, 0.1) is 5.92 Å². The first-order chi connectivity index (χ1) is 4.22. The molecule has 0 aromatic rings. The molecule has 0 saturated carbocycles. The molecule has 2 nitrogen and oxygen atoms in total. The number of nitrogens with one attached hydrogen (secondary N) is 1. The predicted octanol–water partition coefficient (Wildman–Crippen LogP) is 0.613. The van der Waals surface area contributed by atoms with Gasteiger partial charge in [-0.1, -0.05) is 20.3 Å². The van der Waals surface area contributed by atoms with E-state index >= 15 is 0 Å². The van der Waals surface area contributed by atoms with Gasteiger partial charge in [-0.25, -0.2) is 0 Å². The standard InChI is InChI=1S/C7H17NO/c1-4-6(2)7(9)5-8-3/h6-9H,4-5H2,1-3H3. The van der Waals surface area contributed by atoms with Gasteiger partial charge in [-0.15, -0.1) is 0 Å². The van der Waals surface area contributed by atoms with Crippen molar-refractivity contribution in [2.24, 2.45) is 5.92 Å². The first-order valence-corrected chi connectivity index (χ1v) is 3.55. The maximum absolute atomic E-state index is 9.26. The molecule has 0 spiro atoms. The van der Waals surface area contributed by atoms with E-state index in [1.807, 2.05) is 7.05 Å². The molecule has 0 radical (unpaired) electrons. The van der Waals surface area contributed by atoms with Crippen LogP contribution < -0.4 is 5.32 Å². The zero-order valence-corrected chi connectivity index (χ0v) is 6.52. The molecular weight excluding hydrogens is 114 g/mol. The van der Waals surface area contributed by atoms with E-state index in [0.29, 0.717) is 12.5 Å². The Kier molecular flexibility index (Phi) is 4.72. The Labute approximate surface area is 57.3 Å². The Morgan fingerprint density at radius 3 is 2.44 bits per heavy atom. The van der Waals surface area contributed by atoms with E-state index in [2.05, 4.69) is 19.2 Å². The summed E-state index contributed by atoms with van der Waals surface area (Å²) in [5.74, 6) is 0.414. The van der Waals surface area contributed by atoms with Gasteiger partial charge in [0.15, 0.2) is 0 Å². The van der Waals surface area contributed by atoms with Crippen molar-refractivity contribution >= 4 is 0 Å². The predicted molar refractivity (Wildman–Crippen MR) is 39.4 cm³/mol. The van der Waals surface area contributed by atoms with Gasteiger partial charge in [-0.3, -0.25) is 0 Å². The molecule has 2 atom stereocenters. The zero-order valence-electron chi connectivity index (χ0n) is 6.52. The number of aliphatic hydroxyl groups is 1. The third kappa shape index (κ3) is 3.49. The van der Waals surface area contributed by atoms with Crippen LogP contribution in [0.15, 0.2) is 0 Å². The first kappa shape index (κ1) is 8.92. The van der Waals surface area contributed by atoms with Crippen LogP contribution in [-0.4, -0.2) is 24.8 Å². The first-order valence-electron chi connectivity index (χ1n) is 3.55. The van der Waals surface area contributed by atoms with Crippen LogP contribution in [-0.2, 0) is 0 Å². The van der Waals surface area contributed by atoms with Crippen molar-refractivity contribution in [3.63, 3.8) is 0 Å². The van der Waals surface area contributed by atoms with Gasteiger partial charge in [0.05, 0.1) is 6.10 Å². The van der Waals surface area contributed by atoms with Gasteiger partial charge in [-0.05, 0) is 13.0 Å². The van der Waals surface area contributed by atoms with Gasteiger partial charge in [0.1, 0.15) is 0 Å². The van der Waals surface area contributed by atoms with E-state index in [-0.39, 0.29) is 6.10 Å². The summed E-state index contributed by atoms with van der Waals surface area (Å²) in [4.78, 5) is 0. The van der Waals surface area contributed by atoms with E-state index < -0.39 is 0 Å². The highest BCUT2D eigenvalue weighted by molar-refractivity contribution is 4.63. The highest BCUT2D eigenvalue weighted by Gasteiger charge is 2.09. The summed E-state index contributed by atoms with van der Waals surface area (Å²) in [6.07, 6.45) is 0.864. The summed E-state index contributed by atoms with van der Waals surface area (Å²) >= 11 is 0. The molecule has 2 heteroatoms. The largest absolute Gasteiger partial charge is 0.392 e. The van der Waals surface area contributed by atoms with E-state index in [4.69, 9.17) is 0 Å². The van der Waals surface area contributed by atoms with Gasteiger partial charge in [0, 0.05) is 6.54 Å². The second-order valence-corrected chi connectivity index (χ2v) is 2.51. The third-order valence-corrected chi connectivity index (χ3v) is 1.71. The lowest BCUT2D eigenvalue weighted by Gasteiger charge is -2.15. The second kappa shape index (κ2) is 4.77. The van der Waals surface area contributed by atoms with Crippen molar-refractivity contribution in [2.75, 3.05) is 13.6 Å². The van der Waals surface area contributed by atoms with Crippen LogP contribution >= 0.6 is 0 Å². The number of likely N-dealkylation sites (N-methyl/N-ethyl adjacent to an activating group) is 1. The maximum Gasteiger partial charge on any atom is 0.0689 e. The molecule has 0 aromatic carbocycles. The molecule has 2 N–H and O–H groups in total. The Morgan fingerprint density at radius 1 is 1.56 bits per heavy atom. The molecule has 56 valence electrons. The highest BCUT2D eigenvalue weighted by Crippen LogP contribution is 2.05. The number of aliphatic hydroxyl groups excluding tert-OH is 1. The van der Waals surface area contributed by atoms with Gasteiger partial charge in [0.25, 0.3) is 0 Å². The summed E-state index contributed by atoms with van der Waals surface area (Å²) in [5, 5.41) is 12.2. The molecule has 0 aliphatic carbocycles. The van der Waals surface area contributed by atoms with E-state index in [1.54, 1.807) is 0 Å². The average molecular weight is 131 g/mol. The summed E-state index contributed by atoms with van der Waals surface area (Å²) < 4.78 is 0. The van der Waals surface area contributed by atoms with E-state index in [1.165, 1.54) is 0 Å². The Balaban J connectivity index is 3.32. The Bertz CT molecular complexity index is 65.9. The molecule has 0 amide bonds. The summed E-state index contributed by atoms with van der Waals surface area (Å²) in [6.45, 7) is 4.85. The van der Waals surface area contributed by atoms with Gasteiger partial charge >= 0.3 is 0 Å². The molecule has 0 bridgehead atoms. The third-order valence-electron chi connectivity index (χ3n) is 1.71. The van der Waals surface area contributed by atoms with Crippen molar-refractivity contribution in [1.29, 1.82) is 0 Å². The van der Waals surface area contributed by atoms with Crippen molar-refractivity contribution in [1.82, 2.24) is 5.32 Å². The van der Waals surface area contributed by atoms with Gasteiger partial charge in [0.2, 0.25) is 0 Å². The van der Waals surface area contributed by atoms with Crippen LogP contribution in [0.25, 0.3) is 0 Å². The number of hydrogen-bond acceptors (Lipinski definition) is 2. The molecule has 2 unspecified atom stereocenters. The molecule has 0 heterocycles. The van der Waals surface area contributed by atoms with Crippen molar-refractivity contribution in [3.05, 3.63) is 0 Å². The minimum absolute atomic E-state index is 0.181. The van der Waals surface area contributed by atoms with Crippen molar-refractivity contribution in [3.8, 4) is 0 Å². The van der Waals surface area contributed by atoms with Crippen LogP contribution in [0.5, 0.6) is 0 Å². The summed E-state index contributed by atoms with van der Waals surface area (Å²) in [6, 6.07) is 0. The number of rotatable bonds is 4. The molecule has 0 aromatic heterocycles. The second-order valence-electron chi connectivity index (χ2n) is 2.51. The molecule has 9 heavy (non-hydrogen) atoms. The normalized spacial score (nSPS) is 17.3. The lowest BCUT2D eigenvalue weighted by molar-refractivity contribution is 0.115. The zero-order chi connectivity index (χ0) is 7.28. The minimum Gasteiger partial charge on any atom is -0.392 e. The molecule has 0 fully saturated rings. The van der Waals surface area contributed by atoms with E-state index in [0.717, 1.165) is 6.42 Å². The maximum atomic E-state index is 9.26. The summed E-state index contributed by atoms with van der Waals surface area (Å²) in [7, 11) is 1.85. The number of hydrogen-bond donors (Lipinski definition) is 2. The fraction of sp³-hybridized carbons (Fsp3) is 1.00. The molecule has 0 aliphatic rings. The van der Waals surface area contributed by atoms with Crippen molar-refractivity contribution < 1.29 is 5.11 Å². The quantitative estimate of drug-likeness (QED) is 0.586. The highest BCUT2D eigenvalue weighted by atomic mass is 16.3. The van der Waals surface area contributed by atoms with E-state index in [9.17, 15) is 5.11 Å². The lowest BCUT2D eigenvalue weighted by atomic mass is 10.0. The lowest BCUT2D eigenvalue weighted by Crippen LogP contribution is -2.28. The minimum atomic E-state index is -0.181. The Hall–Kier alpha value is -0.0800. The SMILES string of the molecule is CCC(C)C(O)CNC. The topological polar surface area (TPSA) is 32.3 Å². The molecule has 0 saturated heterocycles. The summed E-state index contributed by atoms with van der Waals surface area (Å²) in [5.41, 5.74) is 0. The molecule has 0 aliphatic heterocycles. The Morgan fingerprint density at radius 2 is 2.11 bits per heavy atom. The monoisotopic (exact) mass is 131 g/mol. The smallest absolute Gasteiger partial charge is 0.0689 e. The van der Waals surface area contributed by atoms with Crippen molar-refractivity contribution in [2.45, 2.75) is 26.4 Å². The van der Waals surface area contributed by atoms with Crippen LogP contribution in [0.3, 0.4) is 0 Å². The van der Waals surface area contributed by atoms with Crippen LogP contribution in [0.1, 0.15) is 20.3 Å². The van der Waals surface area contributed by atoms with Crippen LogP contribution in [0.2, 0.25) is 0 Å². The fourth-order valence-electron chi connectivity index (χ4n) is 0.682. The molecule has 0 rings (SSSR count). The van der Waals surface area contributed by atoms with Gasteiger partial charge in [-0.2, -0.15) is 0 Å². The molecular formula is C7H17NO. The average Bonchev–Trinajstić information content (AvgIpc) is 1.87.